The number of rotatable bonds is 4. The van der Waals surface area contributed by atoms with Crippen LogP contribution < -0.4 is 10.1 Å². The van der Waals surface area contributed by atoms with Gasteiger partial charge in [0.05, 0.1) is 11.1 Å². The standard InChI is InChI=1S/C17H13F3N4O4S/c1-29(26,27)12-6-4-5-11(9-12)23-16(25)28-13-10-22-24(15(13)17(18,19)20)14-7-2-3-8-21-14/h2-10H,1H3,(H,23,25). The molecule has 2 aromatic heterocycles. The van der Waals surface area contributed by atoms with Gasteiger partial charge in [-0.15, -0.1) is 0 Å². The van der Waals surface area contributed by atoms with Gasteiger partial charge in [-0.25, -0.2) is 22.9 Å². The lowest BCUT2D eigenvalue weighted by molar-refractivity contribution is -0.143. The summed E-state index contributed by atoms with van der Waals surface area (Å²) in [7, 11) is -3.53. The van der Waals surface area contributed by atoms with Crippen molar-refractivity contribution in [3.63, 3.8) is 0 Å². The van der Waals surface area contributed by atoms with Gasteiger partial charge in [0.25, 0.3) is 0 Å². The first-order valence-electron chi connectivity index (χ1n) is 7.91. The fourth-order valence-corrected chi connectivity index (χ4v) is 3.04. The molecule has 1 aromatic carbocycles. The minimum absolute atomic E-state index is 0.0311. The Morgan fingerprint density at radius 3 is 2.55 bits per heavy atom. The van der Waals surface area contributed by atoms with Crippen molar-refractivity contribution in [3.05, 3.63) is 60.6 Å². The average Bonchev–Trinajstić information content (AvgIpc) is 3.06. The zero-order valence-corrected chi connectivity index (χ0v) is 15.5. The molecule has 0 saturated carbocycles. The summed E-state index contributed by atoms with van der Waals surface area (Å²) in [6.07, 6.45) is -3.13. The van der Waals surface area contributed by atoms with E-state index < -0.39 is 33.6 Å². The lowest BCUT2D eigenvalue weighted by Gasteiger charge is -2.12. The molecule has 0 aliphatic heterocycles. The van der Waals surface area contributed by atoms with Crippen LogP contribution in [0.2, 0.25) is 0 Å². The Hall–Kier alpha value is -3.41. The van der Waals surface area contributed by atoms with Gasteiger partial charge in [-0.1, -0.05) is 12.1 Å². The van der Waals surface area contributed by atoms with Gasteiger partial charge in [0, 0.05) is 18.1 Å². The fourth-order valence-electron chi connectivity index (χ4n) is 2.37. The maximum absolute atomic E-state index is 13.5. The Morgan fingerprint density at radius 2 is 1.93 bits per heavy atom. The lowest BCUT2D eigenvalue weighted by atomic mass is 10.3. The fraction of sp³-hybridized carbons (Fsp3) is 0.118. The first kappa shape index (κ1) is 20.3. The molecule has 0 saturated heterocycles. The van der Waals surface area contributed by atoms with Crippen molar-refractivity contribution in [1.29, 1.82) is 0 Å². The van der Waals surface area contributed by atoms with Crippen molar-refractivity contribution in [1.82, 2.24) is 14.8 Å². The highest BCUT2D eigenvalue weighted by atomic mass is 32.2. The number of nitrogens with one attached hydrogen (secondary N) is 1. The van der Waals surface area contributed by atoms with Crippen LogP contribution in [0.3, 0.4) is 0 Å². The van der Waals surface area contributed by atoms with E-state index in [1.807, 2.05) is 0 Å². The Balaban J connectivity index is 1.87. The number of carbonyl (C=O) groups is 1. The molecule has 0 atom stereocenters. The minimum atomic E-state index is -4.89. The van der Waals surface area contributed by atoms with Crippen LogP contribution in [0, 0.1) is 0 Å². The molecule has 3 aromatic rings. The molecule has 152 valence electrons. The Labute approximate surface area is 162 Å². The zero-order chi connectivity index (χ0) is 21.2. The highest BCUT2D eigenvalue weighted by molar-refractivity contribution is 7.90. The number of anilines is 1. The highest BCUT2D eigenvalue weighted by Crippen LogP contribution is 2.37. The molecule has 1 N–H and O–H groups in total. The molecule has 0 radical (unpaired) electrons. The van der Waals surface area contributed by atoms with Gasteiger partial charge in [-0.3, -0.25) is 5.32 Å². The quantitative estimate of drug-likeness (QED) is 0.687. The molecule has 2 heterocycles. The SMILES string of the molecule is CS(=O)(=O)c1cccc(NC(=O)Oc2cnn(-c3ccccn3)c2C(F)(F)F)c1. The Morgan fingerprint density at radius 1 is 1.17 bits per heavy atom. The van der Waals surface area contributed by atoms with Crippen LogP contribution in [0.1, 0.15) is 5.69 Å². The number of aromatic nitrogens is 3. The van der Waals surface area contributed by atoms with E-state index in [1.165, 1.54) is 42.6 Å². The summed E-state index contributed by atoms with van der Waals surface area (Å²) in [6.45, 7) is 0. The van der Waals surface area contributed by atoms with Crippen molar-refractivity contribution in [2.24, 2.45) is 0 Å². The Bertz CT molecular complexity index is 1140. The predicted octanol–water partition coefficient (Wildman–Crippen LogP) is 3.30. The third-order valence-electron chi connectivity index (χ3n) is 3.58. The molecule has 0 fully saturated rings. The topological polar surface area (TPSA) is 103 Å². The van der Waals surface area contributed by atoms with Crippen molar-refractivity contribution >= 4 is 21.6 Å². The summed E-state index contributed by atoms with van der Waals surface area (Å²) in [4.78, 5) is 15.8. The average molecular weight is 426 g/mol. The largest absolute Gasteiger partial charge is 0.437 e. The van der Waals surface area contributed by atoms with Crippen LogP contribution in [0.5, 0.6) is 5.75 Å². The molecule has 8 nitrogen and oxygen atoms in total. The smallest absolute Gasteiger partial charge is 0.406 e. The second-order valence-corrected chi connectivity index (χ2v) is 7.79. The number of nitrogens with zero attached hydrogens (tertiary/aromatic N) is 3. The van der Waals surface area contributed by atoms with E-state index in [4.69, 9.17) is 4.74 Å². The summed E-state index contributed by atoms with van der Waals surface area (Å²) in [5, 5.41) is 5.79. The van der Waals surface area contributed by atoms with Crippen LogP contribution in [0.25, 0.3) is 5.82 Å². The van der Waals surface area contributed by atoms with Crippen LogP contribution in [-0.2, 0) is 16.0 Å². The monoisotopic (exact) mass is 426 g/mol. The van der Waals surface area contributed by atoms with Gasteiger partial charge >= 0.3 is 12.3 Å². The number of pyridine rings is 1. The van der Waals surface area contributed by atoms with E-state index in [0.29, 0.717) is 4.68 Å². The maximum Gasteiger partial charge on any atom is 0.437 e. The molecule has 0 unspecified atom stereocenters. The minimum Gasteiger partial charge on any atom is -0.406 e. The van der Waals surface area contributed by atoms with Crippen molar-refractivity contribution in [2.45, 2.75) is 11.1 Å². The van der Waals surface area contributed by atoms with Gasteiger partial charge in [0.15, 0.2) is 27.1 Å². The molecular formula is C17H13F3N4O4S. The highest BCUT2D eigenvalue weighted by Gasteiger charge is 2.40. The van der Waals surface area contributed by atoms with Crippen molar-refractivity contribution in [2.75, 3.05) is 11.6 Å². The number of hydrogen-bond acceptors (Lipinski definition) is 6. The normalized spacial score (nSPS) is 11.9. The van der Waals surface area contributed by atoms with Gasteiger partial charge < -0.3 is 4.74 Å². The van der Waals surface area contributed by atoms with E-state index in [-0.39, 0.29) is 16.4 Å². The van der Waals surface area contributed by atoms with Crippen LogP contribution in [0.4, 0.5) is 23.7 Å². The first-order valence-corrected chi connectivity index (χ1v) is 9.80. The number of alkyl halides is 3. The zero-order valence-electron chi connectivity index (χ0n) is 14.7. The van der Waals surface area contributed by atoms with E-state index in [9.17, 15) is 26.4 Å². The van der Waals surface area contributed by atoms with E-state index in [1.54, 1.807) is 0 Å². The second kappa shape index (κ2) is 7.54. The molecule has 0 aliphatic rings. The molecular weight excluding hydrogens is 413 g/mol. The van der Waals surface area contributed by atoms with Crippen LogP contribution >= 0.6 is 0 Å². The third-order valence-corrected chi connectivity index (χ3v) is 4.69. The second-order valence-electron chi connectivity index (χ2n) is 5.77. The lowest BCUT2D eigenvalue weighted by Crippen LogP contribution is -2.20. The number of amides is 1. The first-order chi connectivity index (χ1) is 13.6. The number of benzene rings is 1. The van der Waals surface area contributed by atoms with E-state index in [2.05, 4.69) is 15.4 Å². The maximum atomic E-state index is 13.5. The third kappa shape index (κ3) is 4.71. The van der Waals surface area contributed by atoms with Crippen molar-refractivity contribution < 1.29 is 31.1 Å². The summed E-state index contributed by atoms with van der Waals surface area (Å²) in [6, 6.07) is 9.50. The van der Waals surface area contributed by atoms with E-state index >= 15 is 0 Å². The van der Waals surface area contributed by atoms with Gasteiger partial charge in [0.2, 0.25) is 0 Å². The molecule has 0 bridgehead atoms. The van der Waals surface area contributed by atoms with Gasteiger partial charge in [-0.05, 0) is 30.3 Å². The molecule has 0 spiro atoms. The summed E-state index contributed by atoms with van der Waals surface area (Å²) < 4.78 is 69.0. The number of ether oxygens (including phenoxy) is 1. The number of carbonyl (C=O) groups excluding carboxylic acids is 1. The number of sulfone groups is 1. The van der Waals surface area contributed by atoms with Gasteiger partial charge in [0.1, 0.15) is 0 Å². The van der Waals surface area contributed by atoms with E-state index in [0.717, 1.165) is 18.5 Å². The summed E-state index contributed by atoms with van der Waals surface area (Å²) in [5.41, 5.74) is -1.29. The van der Waals surface area contributed by atoms with Crippen LogP contribution in [-0.4, -0.2) is 35.5 Å². The van der Waals surface area contributed by atoms with Crippen LogP contribution in [0.15, 0.2) is 59.8 Å². The number of hydrogen-bond donors (Lipinski definition) is 1. The molecule has 3 rings (SSSR count). The summed E-state index contributed by atoms with van der Waals surface area (Å²) >= 11 is 0. The number of halogens is 3. The molecule has 29 heavy (non-hydrogen) atoms. The van der Waals surface area contributed by atoms with Gasteiger partial charge in [-0.2, -0.15) is 18.3 Å². The molecule has 1 amide bonds. The molecule has 12 heteroatoms. The predicted molar refractivity (Wildman–Crippen MR) is 95.6 cm³/mol. The van der Waals surface area contributed by atoms with Crippen molar-refractivity contribution in [3.8, 4) is 11.6 Å². The Kier molecular flexibility index (Phi) is 5.29. The summed E-state index contributed by atoms with van der Waals surface area (Å²) in [5.74, 6) is -0.948. The molecule has 0 aliphatic carbocycles.